The van der Waals surface area contributed by atoms with E-state index in [9.17, 15) is 4.79 Å². The molecule has 0 aliphatic heterocycles. The minimum atomic E-state index is -0.327. The fourth-order valence-electron chi connectivity index (χ4n) is 1.96. The first-order valence-corrected chi connectivity index (χ1v) is 7.47. The van der Waals surface area contributed by atoms with E-state index in [0.717, 1.165) is 5.69 Å². The summed E-state index contributed by atoms with van der Waals surface area (Å²) in [6.45, 7) is 5.72. The Labute approximate surface area is 141 Å². The standard InChI is InChI=1S/C17H22N4O3/c1-17(2,3)19-16(22)13-8-9-15(21-20-13)18-12-7-6-11(23-4)10-14(12)24-5/h6-10H,1-5H3,(H,18,21)(H,19,22). The summed E-state index contributed by atoms with van der Waals surface area (Å²) in [5.41, 5.74) is 0.656. The summed E-state index contributed by atoms with van der Waals surface area (Å²) in [5.74, 6) is 1.55. The van der Waals surface area contributed by atoms with Crippen LogP contribution in [0.2, 0.25) is 0 Å². The predicted octanol–water partition coefficient (Wildman–Crippen LogP) is 2.77. The molecule has 0 spiro atoms. The molecule has 128 valence electrons. The first-order valence-electron chi connectivity index (χ1n) is 7.47. The molecular weight excluding hydrogens is 308 g/mol. The normalized spacial score (nSPS) is 10.9. The smallest absolute Gasteiger partial charge is 0.272 e. The Morgan fingerprint density at radius 2 is 1.79 bits per heavy atom. The van der Waals surface area contributed by atoms with Gasteiger partial charge < -0.3 is 20.1 Å². The monoisotopic (exact) mass is 330 g/mol. The lowest BCUT2D eigenvalue weighted by atomic mass is 10.1. The number of nitrogens with zero attached hydrogens (tertiary/aromatic N) is 2. The molecule has 1 heterocycles. The maximum Gasteiger partial charge on any atom is 0.272 e. The van der Waals surface area contributed by atoms with Crippen molar-refractivity contribution in [2.75, 3.05) is 19.5 Å². The van der Waals surface area contributed by atoms with E-state index in [1.807, 2.05) is 32.9 Å². The van der Waals surface area contributed by atoms with E-state index in [0.29, 0.717) is 17.3 Å². The zero-order valence-electron chi connectivity index (χ0n) is 14.5. The quantitative estimate of drug-likeness (QED) is 0.877. The average Bonchev–Trinajstić information content (AvgIpc) is 2.54. The van der Waals surface area contributed by atoms with Crippen LogP contribution in [0.25, 0.3) is 0 Å². The van der Waals surface area contributed by atoms with Crippen molar-refractivity contribution in [1.82, 2.24) is 15.5 Å². The van der Waals surface area contributed by atoms with Crippen LogP contribution >= 0.6 is 0 Å². The van der Waals surface area contributed by atoms with Crippen LogP contribution in [0, 0.1) is 0 Å². The molecule has 0 saturated heterocycles. The summed E-state index contributed by atoms with van der Waals surface area (Å²) in [4.78, 5) is 12.0. The van der Waals surface area contributed by atoms with Gasteiger partial charge >= 0.3 is 0 Å². The van der Waals surface area contributed by atoms with Gasteiger partial charge in [0, 0.05) is 11.6 Å². The third kappa shape index (κ3) is 4.58. The molecule has 2 aromatic rings. The molecule has 0 bridgehead atoms. The average molecular weight is 330 g/mol. The lowest BCUT2D eigenvalue weighted by Gasteiger charge is -2.19. The number of hydrogen-bond acceptors (Lipinski definition) is 6. The first kappa shape index (κ1) is 17.5. The number of ether oxygens (including phenoxy) is 2. The van der Waals surface area contributed by atoms with Crippen LogP contribution in [0.3, 0.4) is 0 Å². The van der Waals surface area contributed by atoms with Crippen LogP contribution < -0.4 is 20.1 Å². The fraction of sp³-hybridized carbons (Fsp3) is 0.353. The first-order chi connectivity index (χ1) is 11.3. The number of hydrogen-bond donors (Lipinski definition) is 2. The summed E-state index contributed by atoms with van der Waals surface area (Å²) in [5, 5.41) is 13.9. The number of benzene rings is 1. The molecular formula is C17H22N4O3. The molecule has 0 aliphatic rings. The predicted molar refractivity (Wildman–Crippen MR) is 92.1 cm³/mol. The molecule has 24 heavy (non-hydrogen) atoms. The van der Waals surface area contributed by atoms with Gasteiger partial charge in [0.25, 0.3) is 5.91 Å². The summed E-state index contributed by atoms with van der Waals surface area (Å²) in [6.07, 6.45) is 0. The van der Waals surface area contributed by atoms with Gasteiger partial charge in [-0.25, -0.2) is 0 Å². The molecule has 1 amide bonds. The Hall–Kier alpha value is -2.83. The van der Waals surface area contributed by atoms with E-state index in [4.69, 9.17) is 9.47 Å². The highest BCUT2D eigenvalue weighted by Gasteiger charge is 2.16. The number of anilines is 2. The topological polar surface area (TPSA) is 85.4 Å². The summed E-state index contributed by atoms with van der Waals surface area (Å²) < 4.78 is 10.5. The van der Waals surface area contributed by atoms with Crippen LogP contribution in [0.5, 0.6) is 11.5 Å². The fourth-order valence-corrected chi connectivity index (χ4v) is 1.96. The molecule has 0 fully saturated rings. The molecule has 0 atom stereocenters. The highest BCUT2D eigenvalue weighted by molar-refractivity contribution is 5.92. The van der Waals surface area contributed by atoms with Crippen LogP contribution in [0.1, 0.15) is 31.3 Å². The molecule has 2 rings (SSSR count). The second-order valence-electron chi connectivity index (χ2n) is 6.20. The van der Waals surface area contributed by atoms with Crippen molar-refractivity contribution in [2.45, 2.75) is 26.3 Å². The van der Waals surface area contributed by atoms with Crippen molar-refractivity contribution in [2.24, 2.45) is 0 Å². The molecule has 0 aliphatic carbocycles. The third-order valence-corrected chi connectivity index (χ3v) is 3.06. The maximum atomic E-state index is 12.0. The van der Waals surface area contributed by atoms with Crippen LogP contribution in [-0.2, 0) is 0 Å². The second-order valence-corrected chi connectivity index (χ2v) is 6.20. The highest BCUT2D eigenvalue weighted by atomic mass is 16.5. The number of rotatable bonds is 5. The third-order valence-electron chi connectivity index (χ3n) is 3.06. The van der Waals surface area contributed by atoms with Gasteiger partial charge in [-0.15, -0.1) is 10.2 Å². The van der Waals surface area contributed by atoms with Crippen LogP contribution in [0.4, 0.5) is 11.5 Å². The van der Waals surface area contributed by atoms with Crippen molar-refractivity contribution in [3.8, 4) is 11.5 Å². The van der Waals surface area contributed by atoms with E-state index in [1.54, 1.807) is 32.4 Å². The number of nitrogens with one attached hydrogen (secondary N) is 2. The Balaban J connectivity index is 2.13. The van der Waals surface area contributed by atoms with Crippen molar-refractivity contribution >= 4 is 17.4 Å². The minimum Gasteiger partial charge on any atom is -0.497 e. The number of aromatic nitrogens is 2. The van der Waals surface area contributed by atoms with Gasteiger partial charge in [0.05, 0.1) is 19.9 Å². The SMILES string of the molecule is COc1ccc(Nc2ccc(C(=O)NC(C)(C)C)nn2)c(OC)c1. The van der Waals surface area contributed by atoms with Gasteiger partial charge in [-0.1, -0.05) is 0 Å². The lowest BCUT2D eigenvalue weighted by molar-refractivity contribution is 0.0913. The van der Waals surface area contributed by atoms with Gasteiger partial charge in [-0.3, -0.25) is 4.79 Å². The second kappa shape index (κ2) is 7.16. The van der Waals surface area contributed by atoms with E-state index >= 15 is 0 Å². The highest BCUT2D eigenvalue weighted by Crippen LogP contribution is 2.30. The molecule has 2 N–H and O–H groups in total. The van der Waals surface area contributed by atoms with Crippen LogP contribution in [-0.4, -0.2) is 35.9 Å². The Kier molecular flexibility index (Phi) is 5.23. The number of amides is 1. The van der Waals surface area contributed by atoms with Crippen molar-refractivity contribution in [1.29, 1.82) is 0 Å². The minimum absolute atomic E-state index is 0.261. The van der Waals surface area contributed by atoms with Crippen LogP contribution in [0.15, 0.2) is 30.3 Å². The molecule has 1 aromatic heterocycles. The zero-order valence-corrected chi connectivity index (χ0v) is 14.5. The van der Waals surface area contributed by atoms with Gasteiger partial charge in [0.2, 0.25) is 0 Å². The number of carbonyl (C=O) groups is 1. The Morgan fingerprint density at radius 1 is 1.04 bits per heavy atom. The molecule has 7 heteroatoms. The van der Waals surface area contributed by atoms with Gasteiger partial charge in [-0.2, -0.15) is 0 Å². The van der Waals surface area contributed by atoms with Gasteiger partial charge in [0.15, 0.2) is 11.5 Å². The molecule has 0 radical (unpaired) electrons. The van der Waals surface area contributed by atoms with Crippen molar-refractivity contribution in [3.05, 3.63) is 36.0 Å². The largest absolute Gasteiger partial charge is 0.497 e. The maximum absolute atomic E-state index is 12.0. The molecule has 1 aromatic carbocycles. The molecule has 7 nitrogen and oxygen atoms in total. The van der Waals surface area contributed by atoms with E-state index in [1.165, 1.54) is 0 Å². The number of methoxy groups -OCH3 is 2. The number of carbonyl (C=O) groups excluding carboxylic acids is 1. The zero-order chi connectivity index (χ0) is 17.7. The summed E-state index contributed by atoms with van der Waals surface area (Å²) >= 11 is 0. The van der Waals surface area contributed by atoms with E-state index in [-0.39, 0.29) is 17.1 Å². The van der Waals surface area contributed by atoms with Crippen molar-refractivity contribution in [3.63, 3.8) is 0 Å². The molecule has 0 saturated carbocycles. The van der Waals surface area contributed by atoms with Crippen molar-refractivity contribution < 1.29 is 14.3 Å². The van der Waals surface area contributed by atoms with E-state index < -0.39 is 0 Å². The summed E-state index contributed by atoms with van der Waals surface area (Å²) in [7, 11) is 3.17. The Morgan fingerprint density at radius 3 is 2.33 bits per heavy atom. The van der Waals surface area contributed by atoms with Gasteiger partial charge in [-0.05, 0) is 45.0 Å². The molecule has 0 unspecified atom stereocenters. The lowest BCUT2D eigenvalue weighted by Crippen LogP contribution is -2.41. The Bertz CT molecular complexity index is 709. The van der Waals surface area contributed by atoms with E-state index in [2.05, 4.69) is 20.8 Å². The summed E-state index contributed by atoms with van der Waals surface area (Å²) in [6, 6.07) is 8.70. The van der Waals surface area contributed by atoms with Gasteiger partial charge in [0.1, 0.15) is 11.5 Å².